The number of nitrogens with zero attached hydrogens (tertiary/aromatic N) is 5. The summed E-state index contributed by atoms with van der Waals surface area (Å²) in [6.07, 6.45) is 1.95. The summed E-state index contributed by atoms with van der Waals surface area (Å²) in [5.74, 6) is 2.30. The van der Waals surface area contributed by atoms with Crippen LogP contribution in [0.3, 0.4) is 0 Å². The van der Waals surface area contributed by atoms with Gasteiger partial charge in [0.05, 0.1) is 11.1 Å². The van der Waals surface area contributed by atoms with Crippen molar-refractivity contribution in [2.75, 3.05) is 0 Å². The van der Waals surface area contributed by atoms with Gasteiger partial charge in [0, 0.05) is 29.6 Å². The Bertz CT molecular complexity index is 1870. The van der Waals surface area contributed by atoms with Crippen LogP contribution < -0.4 is 4.74 Å². The third-order valence-electron chi connectivity index (χ3n) is 6.83. The van der Waals surface area contributed by atoms with Gasteiger partial charge in [-0.1, -0.05) is 6.07 Å². The molecule has 9 nitrogen and oxygen atoms in total. The Labute approximate surface area is 223 Å². The average Bonchev–Trinajstić information content (AvgIpc) is 3.58. The molecule has 39 heavy (non-hydrogen) atoms. The van der Waals surface area contributed by atoms with Crippen molar-refractivity contribution in [3.63, 3.8) is 0 Å². The van der Waals surface area contributed by atoms with E-state index < -0.39 is 5.60 Å². The van der Waals surface area contributed by atoms with Gasteiger partial charge in [0.15, 0.2) is 5.65 Å². The van der Waals surface area contributed by atoms with Crippen molar-refractivity contribution in [1.29, 1.82) is 0 Å². The predicted molar refractivity (Wildman–Crippen MR) is 144 cm³/mol. The third-order valence-corrected chi connectivity index (χ3v) is 6.83. The fourth-order valence-corrected chi connectivity index (χ4v) is 4.85. The fraction of sp³-hybridized carbons (Fsp3) is 0.241. The minimum Gasteiger partial charge on any atom is -0.456 e. The highest BCUT2D eigenvalue weighted by Crippen LogP contribution is 2.42. The third kappa shape index (κ3) is 4.22. The zero-order valence-electron chi connectivity index (χ0n) is 22.4. The summed E-state index contributed by atoms with van der Waals surface area (Å²) in [7, 11) is 0. The molecule has 0 saturated heterocycles. The molecule has 0 aliphatic rings. The minimum atomic E-state index is -1.10. The molecule has 0 amide bonds. The molecule has 0 fully saturated rings. The van der Waals surface area contributed by atoms with E-state index in [0.717, 1.165) is 22.0 Å². The molecule has 4 heterocycles. The Morgan fingerprint density at radius 3 is 2.36 bits per heavy atom. The Hall–Kier alpha value is -4.57. The van der Waals surface area contributed by atoms with E-state index in [4.69, 9.17) is 9.15 Å². The summed E-state index contributed by atoms with van der Waals surface area (Å²) in [5, 5.41) is 28.5. The highest BCUT2D eigenvalue weighted by atomic mass is 19.1. The number of ether oxygens (including phenoxy) is 1. The quantitative estimate of drug-likeness (QED) is 0.270. The normalized spacial score (nSPS) is 12.1. The van der Waals surface area contributed by atoms with Crippen molar-refractivity contribution in [2.45, 2.75) is 47.1 Å². The van der Waals surface area contributed by atoms with Crippen LogP contribution in [0.2, 0.25) is 0 Å². The first-order valence-corrected chi connectivity index (χ1v) is 12.5. The van der Waals surface area contributed by atoms with Crippen LogP contribution in [0.5, 0.6) is 11.5 Å². The fourth-order valence-electron chi connectivity index (χ4n) is 4.85. The second-order valence-corrected chi connectivity index (χ2v) is 10.3. The number of aromatic amines is 1. The van der Waals surface area contributed by atoms with E-state index in [1.54, 1.807) is 20.8 Å². The summed E-state index contributed by atoms with van der Waals surface area (Å²) < 4.78 is 28.1. The number of pyridine rings is 1. The first-order chi connectivity index (χ1) is 18.5. The number of H-pyrrole nitrogens is 1. The van der Waals surface area contributed by atoms with Crippen molar-refractivity contribution in [3.05, 3.63) is 76.8 Å². The molecule has 0 spiro atoms. The van der Waals surface area contributed by atoms with Gasteiger partial charge in [0.25, 0.3) is 5.89 Å². The minimum absolute atomic E-state index is 0.318. The van der Waals surface area contributed by atoms with Gasteiger partial charge in [0.2, 0.25) is 5.89 Å². The largest absolute Gasteiger partial charge is 0.456 e. The number of aryl methyl sites for hydroxylation is 4. The van der Waals surface area contributed by atoms with Gasteiger partial charge in [-0.2, -0.15) is 0 Å². The van der Waals surface area contributed by atoms with Crippen molar-refractivity contribution >= 4 is 16.6 Å². The molecule has 2 aromatic carbocycles. The van der Waals surface area contributed by atoms with Gasteiger partial charge in [0.1, 0.15) is 28.8 Å². The molecule has 0 bridgehead atoms. The molecule has 0 aliphatic heterocycles. The summed E-state index contributed by atoms with van der Waals surface area (Å²) >= 11 is 0. The Morgan fingerprint density at radius 1 is 0.949 bits per heavy atom. The number of fused-ring (bicyclic) bond motifs is 3. The number of nitrogens with one attached hydrogen (secondary N) is 1. The van der Waals surface area contributed by atoms with Crippen LogP contribution in [0.25, 0.3) is 39.3 Å². The lowest BCUT2D eigenvalue weighted by Gasteiger charge is -2.22. The van der Waals surface area contributed by atoms with Gasteiger partial charge in [-0.3, -0.25) is 4.40 Å². The molecular formula is C29H27FN6O3. The van der Waals surface area contributed by atoms with E-state index in [0.29, 0.717) is 57.1 Å². The molecule has 6 aromatic rings. The molecule has 10 heteroatoms. The maximum absolute atomic E-state index is 14.0. The van der Waals surface area contributed by atoms with Crippen LogP contribution in [0.15, 0.2) is 47.0 Å². The zero-order chi connectivity index (χ0) is 27.6. The van der Waals surface area contributed by atoms with Crippen molar-refractivity contribution in [2.24, 2.45) is 0 Å². The Kier molecular flexibility index (Phi) is 5.55. The van der Waals surface area contributed by atoms with Crippen LogP contribution in [0.1, 0.15) is 42.3 Å². The van der Waals surface area contributed by atoms with E-state index >= 15 is 0 Å². The van der Waals surface area contributed by atoms with E-state index in [9.17, 15) is 9.50 Å². The smallest absolute Gasteiger partial charge is 0.264 e. The lowest BCUT2D eigenvalue weighted by atomic mass is 9.93. The highest BCUT2D eigenvalue weighted by Gasteiger charge is 2.24. The van der Waals surface area contributed by atoms with Gasteiger partial charge in [-0.05, 0) is 81.6 Å². The Balaban J connectivity index is 1.65. The molecule has 2 N–H and O–H groups in total. The Morgan fingerprint density at radius 2 is 1.69 bits per heavy atom. The van der Waals surface area contributed by atoms with Crippen LogP contribution in [0.4, 0.5) is 4.39 Å². The van der Waals surface area contributed by atoms with Crippen LogP contribution in [0, 0.1) is 33.5 Å². The summed E-state index contributed by atoms with van der Waals surface area (Å²) in [6, 6.07) is 10.4. The van der Waals surface area contributed by atoms with Gasteiger partial charge < -0.3 is 19.2 Å². The number of rotatable bonds is 5. The molecular weight excluding hydrogens is 499 g/mol. The van der Waals surface area contributed by atoms with E-state index in [2.05, 4.69) is 25.4 Å². The first-order valence-electron chi connectivity index (χ1n) is 12.5. The van der Waals surface area contributed by atoms with Crippen LogP contribution in [-0.4, -0.2) is 34.9 Å². The SMILES string of the molecule is Cc1nnc(-c2cc3c(-c4cc(C(C)(C)O)ccc4Oc4c(C)cc(F)cc4C)cn4c(C)nnc4c3[nH]2)o1. The summed E-state index contributed by atoms with van der Waals surface area (Å²) in [4.78, 5) is 3.38. The van der Waals surface area contributed by atoms with Crippen LogP contribution >= 0.6 is 0 Å². The van der Waals surface area contributed by atoms with Crippen LogP contribution in [-0.2, 0) is 5.60 Å². The van der Waals surface area contributed by atoms with E-state index in [1.165, 1.54) is 12.1 Å². The second-order valence-electron chi connectivity index (χ2n) is 10.3. The van der Waals surface area contributed by atoms with Gasteiger partial charge in [-0.15, -0.1) is 20.4 Å². The maximum Gasteiger partial charge on any atom is 0.264 e. The standard InChI is InChI=1S/C29H27FN6O3/c1-14-9-19(30)10-15(2)26(14)39-24-8-7-18(29(5,6)37)11-20(24)22-13-36-16(3)32-34-27(36)25-21(22)12-23(31-25)28-35-33-17(4)38-28/h7-13,31,37H,1-6H3. The molecule has 0 saturated carbocycles. The number of aromatic nitrogens is 6. The number of hydrogen-bond acceptors (Lipinski definition) is 7. The molecule has 0 radical (unpaired) electrons. The monoisotopic (exact) mass is 526 g/mol. The van der Waals surface area contributed by atoms with Crippen molar-refractivity contribution in [1.82, 2.24) is 29.8 Å². The van der Waals surface area contributed by atoms with Gasteiger partial charge in [-0.25, -0.2) is 4.39 Å². The summed E-state index contributed by atoms with van der Waals surface area (Å²) in [6.45, 7) is 10.7. The average molecular weight is 527 g/mol. The zero-order valence-corrected chi connectivity index (χ0v) is 22.4. The molecule has 0 atom stereocenters. The lowest BCUT2D eigenvalue weighted by Crippen LogP contribution is -2.15. The molecule has 0 aliphatic carbocycles. The second kappa shape index (κ2) is 8.74. The molecule has 4 aromatic heterocycles. The number of aliphatic hydroxyl groups is 1. The van der Waals surface area contributed by atoms with E-state index in [1.807, 2.05) is 55.6 Å². The molecule has 6 rings (SSSR count). The number of halogens is 1. The van der Waals surface area contributed by atoms with Gasteiger partial charge >= 0.3 is 0 Å². The first kappa shape index (κ1) is 24.7. The highest BCUT2D eigenvalue weighted by molar-refractivity contribution is 6.04. The number of benzene rings is 2. The van der Waals surface area contributed by atoms with E-state index in [-0.39, 0.29) is 5.82 Å². The summed E-state index contributed by atoms with van der Waals surface area (Å²) in [5.41, 5.74) is 4.48. The number of hydrogen-bond donors (Lipinski definition) is 2. The molecule has 198 valence electrons. The topological polar surface area (TPSA) is 114 Å². The molecule has 0 unspecified atom stereocenters. The predicted octanol–water partition coefficient (Wildman–Crippen LogP) is 6.32. The van der Waals surface area contributed by atoms with Crippen molar-refractivity contribution in [3.8, 4) is 34.2 Å². The van der Waals surface area contributed by atoms with Crippen molar-refractivity contribution < 1.29 is 18.7 Å². The lowest BCUT2D eigenvalue weighted by molar-refractivity contribution is 0.0786. The maximum atomic E-state index is 14.0.